The Morgan fingerprint density at radius 2 is 2.05 bits per heavy atom. The lowest BCUT2D eigenvalue weighted by Crippen LogP contribution is -2.39. The molecule has 0 aliphatic heterocycles. The number of halogens is 2. The molecule has 5 heteroatoms. The van der Waals surface area contributed by atoms with Crippen LogP contribution < -0.4 is 10.6 Å². The van der Waals surface area contributed by atoms with Crippen molar-refractivity contribution in [3.05, 3.63) is 34.9 Å². The summed E-state index contributed by atoms with van der Waals surface area (Å²) < 4.78 is 0. The van der Waals surface area contributed by atoms with Crippen LogP contribution in [-0.2, 0) is 10.2 Å². The molecule has 1 aliphatic carbocycles. The Morgan fingerprint density at radius 3 is 2.68 bits per heavy atom. The summed E-state index contributed by atoms with van der Waals surface area (Å²) in [5.41, 5.74) is 1.34. The first-order valence-corrected chi connectivity index (χ1v) is 8.21. The zero-order valence-electron chi connectivity index (χ0n) is 13.2. The van der Waals surface area contributed by atoms with E-state index in [2.05, 4.69) is 22.8 Å². The van der Waals surface area contributed by atoms with E-state index in [0.29, 0.717) is 6.42 Å². The van der Waals surface area contributed by atoms with Crippen molar-refractivity contribution in [2.24, 2.45) is 0 Å². The summed E-state index contributed by atoms with van der Waals surface area (Å²) in [5.74, 6) is 0.151. The van der Waals surface area contributed by atoms with Gasteiger partial charge < -0.3 is 10.6 Å². The monoisotopic (exact) mass is 344 g/mol. The van der Waals surface area contributed by atoms with Crippen molar-refractivity contribution in [2.75, 3.05) is 20.1 Å². The van der Waals surface area contributed by atoms with Crippen LogP contribution in [0.1, 0.15) is 44.1 Å². The Labute approximate surface area is 144 Å². The highest BCUT2D eigenvalue weighted by molar-refractivity contribution is 6.30. The van der Waals surface area contributed by atoms with Gasteiger partial charge in [-0.05, 0) is 50.6 Å². The predicted molar refractivity (Wildman–Crippen MR) is 95.0 cm³/mol. The fraction of sp³-hybridized carbons (Fsp3) is 0.588. The lowest BCUT2D eigenvalue weighted by atomic mass is 9.79. The van der Waals surface area contributed by atoms with Crippen LogP contribution >= 0.6 is 24.0 Å². The number of hydrogen-bond acceptors (Lipinski definition) is 2. The number of rotatable bonds is 7. The molecule has 1 aliphatic rings. The summed E-state index contributed by atoms with van der Waals surface area (Å²) in [6.45, 7) is 1.61. The molecular weight excluding hydrogens is 319 g/mol. The van der Waals surface area contributed by atoms with Crippen LogP contribution in [0.4, 0.5) is 0 Å². The number of amides is 1. The number of hydrogen-bond donors (Lipinski definition) is 2. The zero-order chi connectivity index (χ0) is 15.1. The summed E-state index contributed by atoms with van der Waals surface area (Å²) in [6, 6.07) is 8.11. The maximum Gasteiger partial charge on any atom is 0.220 e. The highest BCUT2D eigenvalue weighted by Gasteiger charge is 2.35. The summed E-state index contributed by atoms with van der Waals surface area (Å²) in [5, 5.41) is 6.97. The van der Waals surface area contributed by atoms with Gasteiger partial charge in [0, 0.05) is 23.4 Å². The quantitative estimate of drug-likeness (QED) is 0.740. The lowest BCUT2D eigenvalue weighted by Gasteiger charge is -2.30. The molecule has 0 saturated heterocycles. The highest BCUT2D eigenvalue weighted by atomic mass is 35.5. The molecule has 0 atom stereocenters. The van der Waals surface area contributed by atoms with E-state index in [9.17, 15) is 4.79 Å². The van der Waals surface area contributed by atoms with Crippen molar-refractivity contribution in [2.45, 2.75) is 43.9 Å². The van der Waals surface area contributed by atoms with Crippen molar-refractivity contribution in [3.8, 4) is 0 Å². The highest BCUT2D eigenvalue weighted by Crippen LogP contribution is 2.41. The molecule has 0 heterocycles. The predicted octanol–water partition coefficient (Wildman–Crippen LogP) is 3.69. The first-order chi connectivity index (χ1) is 10.2. The van der Waals surface area contributed by atoms with Crippen LogP contribution in [0.5, 0.6) is 0 Å². The Bertz CT molecular complexity index is 473. The molecule has 1 fully saturated rings. The SMILES string of the molecule is CNCCCC(=O)NCC1(c2cccc(Cl)c2)CCCC1.Cl. The van der Waals surface area contributed by atoms with Gasteiger partial charge in [0.2, 0.25) is 5.91 Å². The Hall–Kier alpha value is -0.770. The lowest BCUT2D eigenvalue weighted by molar-refractivity contribution is -0.121. The number of carbonyl (C=O) groups excluding carboxylic acids is 1. The first-order valence-electron chi connectivity index (χ1n) is 7.84. The first kappa shape index (κ1) is 19.3. The number of nitrogens with one attached hydrogen (secondary N) is 2. The minimum absolute atomic E-state index is 0. The maximum absolute atomic E-state index is 12.0. The molecule has 0 spiro atoms. The van der Waals surface area contributed by atoms with E-state index >= 15 is 0 Å². The average molecular weight is 345 g/mol. The van der Waals surface area contributed by atoms with Crippen molar-refractivity contribution in [1.82, 2.24) is 10.6 Å². The molecule has 0 bridgehead atoms. The van der Waals surface area contributed by atoms with Crippen LogP contribution in [0.25, 0.3) is 0 Å². The van der Waals surface area contributed by atoms with Crippen LogP contribution in [0.3, 0.4) is 0 Å². The van der Waals surface area contributed by atoms with Gasteiger partial charge in [0.1, 0.15) is 0 Å². The standard InChI is InChI=1S/C17H25ClN2O.ClH/c1-19-11-5-8-16(21)20-13-17(9-2-3-10-17)14-6-4-7-15(18)12-14;/h4,6-7,12,19H,2-3,5,8-11,13H2,1H3,(H,20,21);1H. The molecule has 124 valence electrons. The van der Waals surface area contributed by atoms with Crippen molar-refractivity contribution in [1.29, 1.82) is 0 Å². The zero-order valence-corrected chi connectivity index (χ0v) is 14.7. The molecular formula is C17H26Cl2N2O. The van der Waals surface area contributed by atoms with E-state index in [1.807, 2.05) is 19.2 Å². The molecule has 1 saturated carbocycles. The van der Waals surface area contributed by atoms with Gasteiger partial charge in [-0.2, -0.15) is 0 Å². The molecule has 1 aromatic carbocycles. The summed E-state index contributed by atoms with van der Waals surface area (Å²) >= 11 is 6.14. The summed E-state index contributed by atoms with van der Waals surface area (Å²) in [6.07, 6.45) is 6.18. The van der Waals surface area contributed by atoms with Crippen molar-refractivity contribution in [3.63, 3.8) is 0 Å². The van der Waals surface area contributed by atoms with Gasteiger partial charge in [0.15, 0.2) is 0 Å². The number of benzene rings is 1. The van der Waals surface area contributed by atoms with Gasteiger partial charge in [-0.25, -0.2) is 0 Å². The van der Waals surface area contributed by atoms with Gasteiger partial charge in [0.05, 0.1) is 0 Å². The summed E-state index contributed by atoms with van der Waals surface area (Å²) in [7, 11) is 1.91. The Balaban J connectivity index is 0.00000242. The average Bonchev–Trinajstić information content (AvgIpc) is 2.96. The Morgan fingerprint density at radius 1 is 1.32 bits per heavy atom. The molecule has 2 rings (SSSR count). The topological polar surface area (TPSA) is 41.1 Å². The van der Waals surface area contributed by atoms with E-state index in [-0.39, 0.29) is 23.7 Å². The van der Waals surface area contributed by atoms with Crippen LogP contribution in [0.15, 0.2) is 24.3 Å². The van der Waals surface area contributed by atoms with E-state index < -0.39 is 0 Å². The van der Waals surface area contributed by atoms with Crippen molar-refractivity contribution < 1.29 is 4.79 Å². The largest absolute Gasteiger partial charge is 0.355 e. The fourth-order valence-electron chi connectivity index (χ4n) is 3.22. The molecule has 1 aromatic rings. The normalized spacial score (nSPS) is 16.1. The van der Waals surface area contributed by atoms with Gasteiger partial charge >= 0.3 is 0 Å². The smallest absolute Gasteiger partial charge is 0.220 e. The molecule has 22 heavy (non-hydrogen) atoms. The minimum Gasteiger partial charge on any atom is -0.355 e. The van der Waals surface area contributed by atoms with E-state index in [4.69, 9.17) is 11.6 Å². The van der Waals surface area contributed by atoms with Gasteiger partial charge in [0.25, 0.3) is 0 Å². The third-order valence-corrected chi connectivity index (χ3v) is 4.69. The third-order valence-electron chi connectivity index (χ3n) is 4.45. The number of carbonyl (C=O) groups is 1. The van der Waals surface area contributed by atoms with E-state index in [1.165, 1.54) is 18.4 Å². The Kier molecular flexibility index (Phi) is 8.23. The molecule has 0 unspecified atom stereocenters. The second-order valence-electron chi connectivity index (χ2n) is 5.98. The fourth-order valence-corrected chi connectivity index (χ4v) is 3.41. The van der Waals surface area contributed by atoms with E-state index in [1.54, 1.807) is 0 Å². The van der Waals surface area contributed by atoms with Gasteiger partial charge in [-0.3, -0.25) is 4.79 Å². The second-order valence-corrected chi connectivity index (χ2v) is 6.42. The van der Waals surface area contributed by atoms with Gasteiger partial charge in [-0.1, -0.05) is 36.6 Å². The van der Waals surface area contributed by atoms with E-state index in [0.717, 1.165) is 37.4 Å². The summed E-state index contributed by atoms with van der Waals surface area (Å²) in [4.78, 5) is 12.0. The van der Waals surface area contributed by atoms with Crippen molar-refractivity contribution >= 4 is 29.9 Å². The third kappa shape index (κ3) is 5.15. The molecule has 0 aromatic heterocycles. The second kappa shape index (κ2) is 9.39. The minimum atomic E-state index is 0. The van der Waals surface area contributed by atoms with Gasteiger partial charge in [-0.15, -0.1) is 12.4 Å². The maximum atomic E-state index is 12.0. The molecule has 2 N–H and O–H groups in total. The van der Waals surface area contributed by atoms with Crippen LogP contribution in [-0.4, -0.2) is 26.0 Å². The van der Waals surface area contributed by atoms with Crippen LogP contribution in [0.2, 0.25) is 5.02 Å². The molecule has 1 amide bonds. The molecule has 0 radical (unpaired) electrons. The molecule has 3 nitrogen and oxygen atoms in total. The van der Waals surface area contributed by atoms with Crippen LogP contribution in [0, 0.1) is 0 Å².